The van der Waals surface area contributed by atoms with E-state index in [0.29, 0.717) is 0 Å². The minimum Gasteiger partial charge on any atom is -0.0651 e. The zero-order valence-corrected chi connectivity index (χ0v) is 25.0. The number of aryl methyl sites for hydroxylation is 2. The summed E-state index contributed by atoms with van der Waals surface area (Å²) < 4.78 is 14.0. The Balaban J connectivity index is 1.59. The second-order valence-electron chi connectivity index (χ2n) is 11.6. The fraction of sp³-hybridized carbons (Fsp3) is 0.150. The zero-order valence-electron chi connectivity index (χ0n) is 24.1. The SMILES string of the molecule is CCCc1c(CCC)c2ccc3ccc4ccc5ccccc5c4c3c2c2cc3c(cc12)[P+](=O)C(c1ccccc1)=C3. The fourth-order valence-corrected chi connectivity index (χ4v) is 8.85. The third-order valence-electron chi connectivity index (χ3n) is 9.14. The first-order valence-corrected chi connectivity index (χ1v) is 16.5. The number of benzene rings is 7. The van der Waals surface area contributed by atoms with Gasteiger partial charge in [0.05, 0.1) is 0 Å². The number of hydrogen-bond donors (Lipinski definition) is 0. The van der Waals surface area contributed by atoms with Crippen LogP contribution in [0.3, 0.4) is 0 Å². The largest absolute Gasteiger partial charge is 0.416 e. The lowest BCUT2D eigenvalue weighted by Crippen LogP contribution is -2.04. The van der Waals surface area contributed by atoms with Gasteiger partial charge < -0.3 is 0 Å². The summed E-state index contributed by atoms with van der Waals surface area (Å²) in [4.78, 5) is 0. The molecule has 1 heterocycles. The molecule has 0 bridgehead atoms. The van der Waals surface area contributed by atoms with Crippen LogP contribution in [-0.4, -0.2) is 0 Å². The van der Waals surface area contributed by atoms with Crippen molar-refractivity contribution in [1.82, 2.24) is 0 Å². The molecule has 1 aliphatic heterocycles. The van der Waals surface area contributed by atoms with E-state index in [-0.39, 0.29) is 0 Å². The Hall–Kier alpha value is -4.32. The number of fused-ring (bicyclic) bond motifs is 10. The summed E-state index contributed by atoms with van der Waals surface area (Å²) in [7, 11) is -1.65. The highest BCUT2D eigenvalue weighted by Crippen LogP contribution is 2.49. The van der Waals surface area contributed by atoms with Crippen LogP contribution in [0.4, 0.5) is 0 Å². The monoisotopic (exact) mass is 559 g/mol. The molecule has 0 amide bonds. The lowest BCUT2D eigenvalue weighted by Gasteiger charge is -2.20. The molecule has 2 heteroatoms. The van der Waals surface area contributed by atoms with E-state index in [4.69, 9.17) is 0 Å². The van der Waals surface area contributed by atoms with Gasteiger partial charge >= 0.3 is 7.80 Å². The van der Waals surface area contributed by atoms with E-state index in [1.807, 2.05) is 18.2 Å². The average Bonchev–Trinajstić information content (AvgIpc) is 3.36. The van der Waals surface area contributed by atoms with Gasteiger partial charge in [0, 0.05) is 23.3 Å². The Morgan fingerprint density at radius 2 is 1.19 bits per heavy atom. The topological polar surface area (TPSA) is 17.1 Å². The van der Waals surface area contributed by atoms with Crippen molar-refractivity contribution >= 4 is 78.4 Å². The Kier molecular flexibility index (Phi) is 5.99. The van der Waals surface area contributed by atoms with Crippen molar-refractivity contribution < 1.29 is 4.57 Å². The summed E-state index contributed by atoms with van der Waals surface area (Å²) in [6.07, 6.45) is 6.40. The first-order chi connectivity index (χ1) is 20.7. The molecule has 0 radical (unpaired) electrons. The Labute approximate surface area is 247 Å². The first-order valence-electron chi connectivity index (χ1n) is 15.2. The van der Waals surface area contributed by atoms with E-state index >= 15 is 0 Å². The van der Waals surface area contributed by atoms with E-state index in [1.54, 1.807) is 0 Å². The maximum atomic E-state index is 14.0. The van der Waals surface area contributed by atoms with Crippen LogP contribution in [0.1, 0.15) is 48.9 Å². The lowest BCUT2D eigenvalue weighted by atomic mass is 9.83. The van der Waals surface area contributed by atoms with Crippen LogP contribution in [0.25, 0.3) is 65.3 Å². The molecule has 0 aliphatic carbocycles. The standard InChI is InChI=1S/C40H32OP/c1-3-10-31-32(11-4-2)34-24-37-29(23-36(42(37)41)26-13-6-5-7-14-26)22-35(34)40-33(31)21-20-28-19-18-27-17-16-25-12-8-9-15-30(25)38(27)39(28)40/h5-9,12-24H,3-4,10-11H2,1-2H3/q+1. The summed E-state index contributed by atoms with van der Waals surface area (Å²) in [6.45, 7) is 4.56. The molecular formula is C40H32OP+. The predicted octanol–water partition coefficient (Wildman–Crippen LogP) is 11.3. The molecule has 0 aromatic heterocycles. The average molecular weight is 560 g/mol. The zero-order chi connectivity index (χ0) is 28.4. The molecule has 202 valence electrons. The molecule has 1 nitrogen and oxygen atoms in total. The van der Waals surface area contributed by atoms with Crippen LogP contribution in [0.2, 0.25) is 0 Å². The summed E-state index contributed by atoms with van der Waals surface area (Å²) >= 11 is 0. The van der Waals surface area contributed by atoms with Crippen molar-refractivity contribution in [2.45, 2.75) is 39.5 Å². The van der Waals surface area contributed by atoms with E-state index < -0.39 is 7.80 Å². The molecule has 0 spiro atoms. The highest BCUT2D eigenvalue weighted by atomic mass is 31.1. The van der Waals surface area contributed by atoms with Gasteiger partial charge in [0.15, 0.2) is 0 Å². The maximum Gasteiger partial charge on any atom is 0.416 e. The van der Waals surface area contributed by atoms with Gasteiger partial charge in [-0.3, -0.25) is 0 Å². The number of rotatable bonds is 5. The van der Waals surface area contributed by atoms with Crippen molar-refractivity contribution in [3.05, 3.63) is 125 Å². The van der Waals surface area contributed by atoms with Crippen LogP contribution >= 0.6 is 7.80 Å². The van der Waals surface area contributed by atoms with Crippen LogP contribution in [-0.2, 0) is 17.4 Å². The molecule has 8 rings (SSSR count). The molecule has 1 atom stereocenters. The van der Waals surface area contributed by atoms with Gasteiger partial charge in [0.2, 0.25) is 10.6 Å². The van der Waals surface area contributed by atoms with Crippen LogP contribution in [0.15, 0.2) is 103 Å². The van der Waals surface area contributed by atoms with E-state index in [0.717, 1.165) is 47.4 Å². The van der Waals surface area contributed by atoms with Crippen LogP contribution in [0, 0.1) is 0 Å². The smallest absolute Gasteiger partial charge is 0.0651 e. The van der Waals surface area contributed by atoms with E-state index in [1.165, 1.54) is 65.0 Å². The number of hydrogen-bond acceptors (Lipinski definition) is 1. The van der Waals surface area contributed by atoms with Crippen LogP contribution in [0.5, 0.6) is 0 Å². The van der Waals surface area contributed by atoms with Gasteiger partial charge in [-0.25, -0.2) is 0 Å². The van der Waals surface area contributed by atoms with Gasteiger partial charge in [-0.15, -0.1) is 0 Å². The molecule has 7 aromatic carbocycles. The molecule has 0 fully saturated rings. The minimum absolute atomic E-state index is 0.937. The molecule has 0 saturated heterocycles. The normalized spacial score (nSPS) is 14.0. The fourth-order valence-electron chi connectivity index (χ4n) is 7.34. The van der Waals surface area contributed by atoms with Crippen molar-refractivity contribution in [2.24, 2.45) is 0 Å². The minimum atomic E-state index is -1.65. The second-order valence-corrected chi connectivity index (χ2v) is 13.2. The molecule has 42 heavy (non-hydrogen) atoms. The quantitative estimate of drug-likeness (QED) is 0.151. The summed E-state index contributed by atoms with van der Waals surface area (Å²) in [5, 5.41) is 15.0. The highest BCUT2D eigenvalue weighted by Gasteiger charge is 2.37. The molecule has 0 saturated carbocycles. The third kappa shape index (κ3) is 3.70. The molecule has 0 N–H and O–H groups in total. The van der Waals surface area contributed by atoms with E-state index in [9.17, 15) is 4.57 Å². The van der Waals surface area contributed by atoms with Crippen molar-refractivity contribution in [2.75, 3.05) is 0 Å². The molecule has 7 aromatic rings. The predicted molar refractivity (Wildman–Crippen MR) is 184 cm³/mol. The maximum absolute atomic E-state index is 14.0. The van der Waals surface area contributed by atoms with Gasteiger partial charge in [-0.1, -0.05) is 122 Å². The summed E-state index contributed by atoms with van der Waals surface area (Å²) in [5.74, 6) is 0. The van der Waals surface area contributed by atoms with Gasteiger partial charge in [-0.2, -0.15) is 0 Å². The lowest BCUT2D eigenvalue weighted by molar-refractivity contribution is 0.598. The Morgan fingerprint density at radius 3 is 1.95 bits per heavy atom. The summed E-state index contributed by atoms with van der Waals surface area (Å²) in [5.41, 5.74) is 5.04. The third-order valence-corrected chi connectivity index (χ3v) is 10.8. The van der Waals surface area contributed by atoms with Crippen molar-refractivity contribution in [3.63, 3.8) is 0 Å². The molecular weight excluding hydrogens is 527 g/mol. The highest BCUT2D eigenvalue weighted by molar-refractivity contribution is 7.65. The summed E-state index contributed by atoms with van der Waals surface area (Å²) in [6, 6.07) is 37.4. The molecule has 1 unspecified atom stereocenters. The Bertz CT molecular complexity index is 2270. The second kappa shape index (κ2) is 9.90. The van der Waals surface area contributed by atoms with E-state index in [2.05, 4.69) is 105 Å². The van der Waals surface area contributed by atoms with Gasteiger partial charge in [0.1, 0.15) is 0 Å². The Morgan fingerprint density at radius 1 is 0.548 bits per heavy atom. The van der Waals surface area contributed by atoms with Crippen molar-refractivity contribution in [3.8, 4) is 0 Å². The molecule has 1 aliphatic rings. The first kappa shape index (κ1) is 25.4. The van der Waals surface area contributed by atoms with Crippen molar-refractivity contribution in [1.29, 1.82) is 0 Å². The van der Waals surface area contributed by atoms with Gasteiger partial charge in [-0.05, 0) is 83.9 Å². The van der Waals surface area contributed by atoms with Gasteiger partial charge in [0.25, 0.3) is 0 Å². The van der Waals surface area contributed by atoms with Crippen LogP contribution < -0.4 is 5.30 Å².